The molecule has 104 valence electrons. The summed E-state index contributed by atoms with van der Waals surface area (Å²) in [5.74, 6) is 0. The molecular weight excluding hydrogens is 295 g/mol. The van der Waals surface area contributed by atoms with E-state index in [-0.39, 0.29) is 4.90 Å². The summed E-state index contributed by atoms with van der Waals surface area (Å²) in [4.78, 5) is 21.5. The van der Waals surface area contributed by atoms with Crippen molar-refractivity contribution in [3.8, 4) is 0 Å². The Bertz CT molecular complexity index is 706. The van der Waals surface area contributed by atoms with Gasteiger partial charge in [0.25, 0.3) is 10.1 Å². The Hall–Kier alpha value is -1.28. The molecule has 0 fully saturated rings. The van der Waals surface area contributed by atoms with Gasteiger partial charge in [-0.3, -0.25) is 4.55 Å². The predicted octanol–water partition coefficient (Wildman–Crippen LogP) is 1.16. The summed E-state index contributed by atoms with van der Waals surface area (Å²) >= 11 is 0. The van der Waals surface area contributed by atoms with E-state index in [1.807, 2.05) is 6.07 Å². The molecule has 0 bridgehead atoms. The van der Waals surface area contributed by atoms with Crippen molar-refractivity contribution in [3.05, 3.63) is 42.5 Å². The number of fused-ring (bicyclic) bond motifs is 1. The summed E-state index contributed by atoms with van der Waals surface area (Å²) in [7, 11) is -8.77. The van der Waals surface area contributed by atoms with Gasteiger partial charge in [-0.1, -0.05) is 36.4 Å². The molecule has 0 heterocycles. The number of benzene rings is 2. The molecule has 0 aliphatic heterocycles. The number of hydrogen-bond acceptors (Lipinski definition) is 3. The molecule has 0 saturated carbocycles. The first-order valence-electron chi connectivity index (χ1n) is 4.82. The molecule has 19 heavy (non-hydrogen) atoms. The maximum atomic E-state index is 11.0. The lowest BCUT2D eigenvalue weighted by atomic mass is 10.1. The van der Waals surface area contributed by atoms with E-state index in [0.29, 0.717) is 5.39 Å². The first kappa shape index (κ1) is 15.8. The normalized spacial score (nSPS) is 11.8. The number of hydrogen-bond donors (Lipinski definition) is 4. The lowest BCUT2D eigenvalue weighted by Crippen LogP contribution is -1.98. The van der Waals surface area contributed by atoms with Crippen molar-refractivity contribution in [1.29, 1.82) is 0 Å². The van der Waals surface area contributed by atoms with E-state index >= 15 is 0 Å². The highest BCUT2D eigenvalue weighted by Crippen LogP contribution is 2.25. The second-order valence-corrected chi connectivity index (χ2v) is 5.88. The van der Waals surface area contributed by atoms with Gasteiger partial charge in [0, 0.05) is 5.39 Å². The van der Waals surface area contributed by atoms with E-state index < -0.39 is 17.9 Å². The van der Waals surface area contributed by atoms with Crippen LogP contribution in [0.2, 0.25) is 0 Å². The van der Waals surface area contributed by atoms with Crippen LogP contribution in [0.25, 0.3) is 10.8 Å². The van der Waals surface area contributed by atoms with Crippen LogP contribution in [0.15, 0.2) is 47.4 Å². The molecule has 0 aliphatic rings. The highest BCUT2D eigenvalue weighted by molar-refractivity contribution is 7.86. The fraction of sp³-hybridized carbons (Fsp3) is 0. The van der Waals surface area contributed by atoms with Crippen LogP contribution in [-0.2, 0) is 14.7 Å². The third-order valence-corrected chi connectivity index (χ3v) is 2.94. The lowest BCUT2D eigenvalue weighted by Gasteiger charge is -2.02. The van der Waals surface area contributed by atoms with Crippen LogP contribution < -0.4 is 0 Å². The Labute approximate surface area is 109 Å². The molecule has 0 radical (unpaired) electrons. The quantitative estimate of drug-likeness (QED) is 0.459. The second kappa shape index (κ2) is 5.79. The van der Waals surface area contributed by atoms with Gasteiger partial charge in [-0.2, -0.15) is 8.42 Å². The van der Waals surface area contributed by atoms with E-state index in [9.17, 15) is 8.42 Å². The van der Waals surface area contributed by atoms with Crippen molar-refractivity contribution in [2.45, 2.75) is 4.90 Å². The molecule has 7 nitrogen and oxygen atoms in total. The molecule has 0 saturated heterocycles. The van der Waals surface area contributed by atoms with Gasteiger partial charge in [-0.05, 0) is 11.5 Å². The molecule has 9 heteroatoms. The molecule has 0 amide bonds. The first-order valence-corrected chi connectivity index (χ1v) is 7.83. The molecule has 4 N–H and O–H groups in total. The maximum Gasteiger partial charge on any atom is 0.466 e. The van der Waals surface area contributed by atoms with Crippen LogP contribution in [0.4, 0.5) is 0 Å². The van der Waals surface area contributed by atoms with Crippen molar-refractivity contribution < 1.29 is 32.2 Å². The minimum Gasteiger partial charge on any atom is -0.303 e. The Morgan fingerprint density at radius 1 is 0.895 bits per heavy atom. The van der Waals surface area contributed by atoms with E-state index in [4.69, 9.17) is 23.8 Å². The van der Waals surface area contributed by atoms with Crippen molar-refractivity contribution in [3.63, 3.8) is 0 Å². The average Bonchev–Trinajstić information content (AvgIpc) is 2.25. The van der Waals surface area contributed by atoms with Crippen molar-refractivity contribution >= 4 is 28.7 Å². The fourth-order valence-corrected chi connectivity index (χ4v) is 2.13. The minimum absolute atomic E-state index is 0.0457. The van der Waals surface area contributed by atoms with Gasteiger partial charge in [0.15, 0.2) is 0 Å². The van der Waals surface area contributed by atoms with Crippen LogP contribution in [0.1, 0.15) is 0 Å². The van der Waals surface area contributed by atoms with Gasteiger partial charge in [0.1, 0.15) is 4.90 Å². The predicted molar refractivity (Wildman–Crippen MR) is 68.0 cm³/mol. The molecule has 2 aromatic rings. The monoisotopic (exact) mass is 306 g/mol. The molecule has 0 atom stereocenters. The Morgan fingerprint density at radius 3 is 1.89 bits per heavy atom. The van der Waals surface area contributed by atoms with Crippen LogP contribution in [0.5, 0.6) is 0 Å². The largest absolute Gasteiger partial charge is 0.466 e. The topological polar surface area (TPSA) is 132 Å². The molecule has 0 aliphatic carbocycles. The molecule has 0 unspecified atom stereocenters. The van der Waals surface area contributed by atoms with Gasteiger partial charge >= 0.3 is 7.82 Å². The fourth-order valence-electron chi connectivity index (χ4n) is 1.42. The van der Waals surface area contributed by atoms with Crippen LogP contribution in [-0.4, -0.2) is 27.7 Å². The number of phosphoric acid groups is 1. The summed E-state index contributed by atoms with van der Waals surface area (Å²) in [6.07, 6.45) is 0. The smallest absolute Gasteiger partial charge is 0.303 e. The van der Waals surface area contributed by atoms with E-state index in [1.165, 1.54) is 6.07 Å². The lowest BCUT2D eigenvalue weighted by molar-refractivity contribution is 0.275. The summed E-state index contributed by atoms with van der Waals surface area (Å²) in [6, 6.07) is 11.8. The van der Waals surface area contributed by atoms with Gasteiger partial charge in [0.2, 0.25) is 0 Å². The zero-order valence-corrected chi connectivity index (χ0v) is 11.1. The third-order valence-electron chi connectivity index (χ3n) is 2.03. The Balaban J connectivity index is 0.000000312. The molecule has 2 rings (SSSR count). The summed E-state index contributed by atoms with van der Waals surface area (Å²) in [6.45, 7) is 0. The van der Waals surface area contributed by atoms with Gasteiger partial charge in [-0.15, -0.1) is 0 Å². The molecule has 0 aromatic heterocycles. The highest BCUT2D eigenvalue weighted by Gasteiger charge is 2.12. The maximum absolute atomic E-state index is 11.0. The van der Waals surface area contributed by atoms with E-state index in [2.05, 4.69) is 0 Å². The zero-order valence-electron chi connectivity index (χ0n) is 9.41. The van der Waals surface area contributed by atoms with Gasteiger partial charge in [0.05, 0.1) is 0 Å². The minimum atomic E-state index is -4.64. The molecular formula is C10H11O7PS. The third kappa shape index (κ3) is 5.48. The second-order valence-electron chi connectivity index (χ2n) is 3.47. The first-order chi connectivity index (χ1) is 8.59. The van der Waals surface area contributed by atoms with E-state index in [1.54, 1.807) is 30.3 Å². The summed E-state index contributed by atoms with van der Waals surface area (Å²) in [5.41, 5.74) is 0. The highest BCUT2D eigenvalue weighted by atomic mass is 32.2. The van der Waals surface area contributed by atoms with Crippen molar-refractivity contribution in [2.75, 3.05) is 0 Å². The van der Waals surface area contributed by atoms with Crippen LogP contribution in [0.3, 0.4) is 0 Å². The zero-order chi connectivity index (χ0) is 14.7. The molecule has 0 spiro atoms. The van der Waals surface area contributed by atoms with Crippen LogP contribution in [0, 0.1) is 0 Å². The SMILES string of the molecule is O=P(O)(O)O.O=S(=O)(O)c1cccc2ccccc12. The Kier molecular flexibility index (Phi) is 4.81. The van der Waals surface area contributed by atoms with Crippen molar-refractivity contribution in [1.82, 2.24) is 0 Å². The van der Waals surface area contributed by atoms with Gasteiger partial charge in [-0.25, -0.2) is 4.57 Å². The van der Waals surface area contributed by atoms with E-state index in [0.717, 1.165) is 5.39 Å². The standard InChI is InChI=1S/C10H8O3S.H3O4P/c11-14(12,13)10-7-3-5-8-4-1-2-6-9(8)10;1-5(2,3)4/h1-7H,(H,11,12,13);(H3,1,2,3,4). The summed E-state index contributed by atoms with van der Waals surface area (Å²) in [5, 5.41) is 1.33. The Morgan fingerprint density at radius 2 is 1.37 bits per heavy atom. The molecule has 2 aromatic carbocycles. The summed E-state index contributed by atoms with van der Waals surface area (Å²) < 4.78 is 39.8. The van der Waals surface area contributed by atoms with Crippen LogP contribution >= 0.6 is 7.82 Å². The number of rotatable bonds is 1. The van der Waals surface area contributed by atoms with Crippen molar-refractivity contribution in [2.24, 2.45) is 0 Å². The van der Waals surface area contributed by atoms with Gasteiger partial charge < -0.3 is 14.7 Å². The average molecular weight is 306 g/mol.